The van der Waals surface area contributed by atoms with E-state index in [1.165, 1.54) is 23.3 Å². The Morgan fingerprint density at radius 3 is 2.26 bits per heavy atom. The number of carbonyl (C=O) groups excluding carboxylic acids is 1. The van der Waals surface area contributed by atoms with Gasteiger partial charge in [-0.25, -0.2) is 0 Å². The van der Waals surface area contributed by atoms with Gasteiger partial charge < -0.3 is 4.90 Å². The van der Waals surface area contributed by atoms with Crippen molar-refractivity contribution in [3.8, 4) is 0 Å². The van der Waals surface area contributed by atoms with Crippen molar-refractivity contribution in [1.82, 2.24) is 4.90 Å². The molecule has 0 aromatic heterocycles. The van der Waals surface area contributed by atoms with Gasteiger partial charge >= 0.3 is 0 Å². The van der Waals surface area contributed by atoms with Crippen LogP contribution in [0, 0.1) is 6.92 Å². The molecule has 1 aromatic rings. The van der Waals surface area contributed by atoms with E-state index in [0.29, 0.717) is 5.91 Å². The number of nitrogens with zero attached hydrogens (tertiary/aromatic N) is 1. The summed E-state index contributed by atoms with van der Waals surface area (Å²) in [5.74, 6) is 0.299. The molecule has 1 saturated heterocycles. The van der Waals surface area contributed by atoms with Crippen molar-refractivity contribution in [1.29, 1.82) is 0 Å². The Balaban J connectivity index is 1.92. The Morgan fingerprint density at radius 2 is 1.68 bits per heavy atom. The Kier molecular flexibility index (Phi) is 5.32. The second kappa shape index (κ2) is 6.99. The molecular weight excluding hydrogens is 254 g/mol. The maximum absolute atomic E-state index is 12.4. The van der Waals surface area contributed by atoms with E-state index in [9.17, 15) is 4.79 Å². The van der Waals surface area contributed by atoms with E-state index in [4.69, 9.17) is 0 Å². The molecule has 2 rings (SSSR count). The molecule has 1 heterocycles. The predicted molar refractivity (Wildman–Crippen MR) is 81.5 cm³/mol. The first kappa shape index (κ1) is 14.4. The van der Waals surface area contributed by atoms with Gasteiger partial charge in [0, 0.05) is 18.0 Å². The van der Waals surface area contributed by atoms with Crippen LogP contribution in [0.1, 0.15) is 38.2 Å². The summed E-state index contributed by atoms with van der Waals surface area (Å²) < 4.78 is 0. The minimum atomic E-state index is 0.0146. The molecule has 1 amide bonds. The summed E-state index contributed by atoms with van der Waals surface area (Å²) in [4.78, 5) is 15.7. The van der Waals surface area contributed by atoms with Gasteiger partial charge in [-0.05, 0) is 38.8 Å². The molecule has 0 N–H and O–H groups in total. The van der Waals surface area contributed by atoms with Crippen LogP contribution in [0.5, 0.6) is 0 Å². The molecule has 1 fully saturated rings. The number of hydrogen-bond donors (Lipinski definition) is 0. The van der Waals surface area contributed by atoms with Crippen molar-refractivity contribution in [3.05, 3.63) is 29.8 Å². The van der Waals surface area contributed by atoms with Gasteiger partial charge in [0.25, 0.3) is 0 Å². The van der Waals surface area contributed by atoms with Gasteiger partial charge in [-0.3, -0.25) is 4.79 Å². The maximum atomic E-state index is 12.4. The lowest BCUT2D eigenvalue weighted by Gasteiger charge is -2.23. The average Bonchev–Trinajstić information content (AvgIpc) is 2.69. The van der Waals surface area contributed by atoms with Crippen LogP contribution in [0.4, 0.5) is 0 Å². The van der Waals surface area contributed by atoms with Crippen LogP contribution in [0.2, 0.25) is 0 Å². The van der Waals surface area contributed by atoms with Crippen molar-refractivity contribution >= 4 is 17.7 Å². The molecule has 1 unspecified atom stereocenters. The van der Waals surface area contributed by atoms with Crippen LogP contribution >= 0.6 is 11.8 Å². The van der Waals surface area contributed by atoms with Crippen LogP contribution in [0.15, 0.2) is 29.2 Å². The van der Waals surface area contributed by atoms with Gasteiger partial charge in [-0.1, -0.05) is 30.5 Å². The minimum Gasteiger partial charge on any atom is -0.342 e. The third-order valence-corrected chi connectivity index (χ3v) is 4.70. The molecule has 0 radical (unpaired) electrons. The Bertz CT molecular complexity index is 407. The zero-order valence-corrected chi connectivity index (χ0v) is 12.7. The smallest absolute Gasteiger partial charge is 0.235 e. The van der Waals surface area contributed by atoms with Crippen molar-refractivity contribution in [2.45, 2.75) is 49.7 Å². The molecule has 19 heavy (non-hydrogen) atoms. The molecule has 1 aromatic carbocycles. The number of amides is 1. The summed E-state index contributed by atoms with van der Waals surface area (Å²) in [6.45, 7) is 5.99. The standard InChI is InChI=1S/C16H23NOS/c1-13-7-9-15(10-8-13)19-14(2)16(18)17-11-5-3-4-6-12-17/h7-10,14H,3-6,11-12H2,1-2H3. The monoisotopic (exact) mass is 277 g/mol. The van der Waals surface area contributed by atoms with E-state index in [2.05, 4.69) is 36.1 Å². The lowest BCUT2D eigenvalue weighted by Crippen LogP contribution is -2.37. The fourth-order valence-electron chi connectivity index (χ4n) is 2.42. The van der Waals surface area contributed by atoms with Crippen molar-refractivity contribution in [2.75, 3.05) is 13.1 Å². The highest BCUT2D eigenvalue weighted by Gasteiger charge is 2.22. The molecule has 2 nitrogen and oxygen atoms in total. The first-order valence-corrected chi connectivity index (χ1v) is 8.07. The van der Waals surface area contributed by atoms with E-state index in [1.54, 1.807) is 11.8 Å². The topological polar surface area (TPSA) is 20.3 Å². The van der Waals surface area contributed by atoms with Gasteiger partial charge in [-0.2, -0.15) is 0 Å². The zero-order valence-electron chi connectivity index (χ0n) is 11.9. The van der Waals surface area contributed by atoms with E-state index in [-0.39, 0.29) is 5.25 Å². The van der Waals surface area contributed by atoms with E-state index < -0.39 is 0 Å². The lowest BCUT2D eigenvalue weighted by molar-refractivity contribution is -0.130. The fraction of sp³-hybridized carbons (Fsp3) is 0.562. The summed E-state index contributed by atoms with van der Waals surface area (Å²) in [6.07, 6.45) is 4.86. The molecule has 3 heteroatoms. The summed E-state index contributed by atoms with van der Waals surface area (Å²) >= 11 is 1.67. The van der Waals surface area contributed by atoms with Crippen molar-refractivity contribution in [3.63, 3.8) is 0 Å². The molecule has 1 aliphatic heterocycles. The number of carbonyl (C=O) groups is 1. The maximum Gasteiger partial charge on any atom is 0.235 e. The van der Waals surface area contributed by atoms with Crippen LogP contribution < -0.4 is 0 Å². The number of rotatable bonds is 3. The highest BCUT2D eigenvalue weighted by molar-refractivity contribution is 8.00. The summed E-state index contributed by atoms with van der Waals surface area (Å²) in [5.41, 5.74) is 1.26. The molecule has 1 aliphatic rings. The first-order chi connectivity index (χ1) is 9.16. The van der Waals surface area contributed by atoms with Gasteiger partial charge in [0.15, 0.2) is 0 Å². The molecule has 1 atom stereocenters. The van der Waals surface area contributed by atoms with Gasteiger partial charge in [0.05, 0.1) is 5.25 Å². The number of benzene rings is 1. The first-order valence-electron chi connectivity index (χ1n) is 7.19. The third kappa shape index (κ3) is 4.27. The van der Waals surface area contributed by atoms with Crippen LogP contribution in [0.3, 0.4) is 0 Å². The second-order valence-corrected chi connectivity index (χ2v) is 6.73. The molecule has 0 saturated carbocycles. The summed E-state index contributed by atoms with van der Waals surface area (Å²) in [7, 11) is 0. The SMILES string of the molecule is Cc1ccc(SC(C)C(=O)N2CCCCCC2)cc1. The highest BCUT2D eigenvalue weighted by atomic mass is 32.2. The number of aryl methyl sites for hydroxylation is 1. The number of likely N-dealkylation sites (tertiary alicyclic amines) is 1. The van der Waals surface area contributed by atoms with Gasteiger partial charge in [0.2, 0.25) is 5.91 Å². The van der Waals surface area contributed by atoms with Crippen LogP contribution in [-0.4, -0.2) is 29.1 Å². The number of thioether (sulfide) groups is 1. The largest absolute Gasteiger partial charge is 0.342 e. The molecule has 0 spiro atoms. The normalized spacial score (nSPS) is 17.9. The molecule has 104 valence electrons. The van der Waals surface area contributed by atoms with Crippen molar-refractivity contribution < 1.29 is 4.79 Å². The van der Waals surface area contributed by atoms with E-state index >= 15 is 0 Å². The van der Waals surface area contributed by atoms with Gasteiger partial charge in [0.1, 0.15) is 0 Å². The zero-order chi connectivity index (χ0) is 13.7. The second-order valence-electron chi connectivity index (χ2n) is 5.31. The Morgan fingerprint density at radius 1 is 1.11 bits per heavy atom. The average molecular weight is 277 g/mol. The van der Waals surface area contributed by atoms with E-state index in [0.717, 1.165) is 25.9 Å². The van der Waals surface area contributed by atoms with Gasteiger partial charge in [-0.15, -0.1) is 11.8 Å². The molecular formula is C16H23NOS. The molecule has 0 aliphatic carbocycles. The third-order valence-electron chi connectivity index (χ3n) is 3.60. The highest BCUT2D eigenvalue weighted by Crippen LogP contribution is 2.25. The Labute approximate surface area is 120 Å². The Hall–Kier alpha value is -0.960. The van der Waals surface area contributed by atoms with Crippen LogP contribution in [-0.2, 0) is 4.79 Å². The predicted octanol–water partition coefficient (Wildman–Crippen LogP) is 3.88. The number of hydrogen-bond acceptors (Lipinski definition) is 2. The molecule has 0 bridgehead atoms. The summed E-state index contributed by atoms with van der Waals surface area (Å²) in [5, 5.41) is 0.0146. The lowest BCUT2D eigenvalue weighted by atomic mass is 10.2. The summed E-state index contributed by atoms with van der Waals surface area (Å²) in [6, 6.07) is 8.41. The van der Waals surface area contributed by atoms with E-state index in [1.807, 2.05) is 6.92 Å². The quantitative estimate of drug-likeness (QED) is 0.782. The van der Waals surface area contributed by atoms with Crippen molar-refractivity contribution in [2.24, 2.45) is 0 Å². The fourth-order valence-corrected chi connectivity index (χ4v) is 3.37. The minimum absolute atomic E-state index is 0.0146. The van der Waals surface area contributed by atoms with Crippen LogP contribution in [0.25, 0.3) is 0 Å².